The Kier molecular flexibility index (Phi) is 2.57. The molecule has 0 saturated carbocycles. The molecule has 0 aliphatic carbocycles. The maximum Gasteiger partial charge on any atom is 0.150 e. The van der Waals surface area contributed by atoms with Crippen LogP contribution in [0, 0.1) is 5.92 Å². The Bertz CT molecular complexity index is 306. The van der Waals surface area contributed by atoms with Crippen molar-refractivity contribution in [3.8, 4) is 0 Å². The van der Waals surface area contributed by atoms with Gasteiger partial charge >= 0.3 is 0 Å². The van der Waals surface area contributed by atoms with E-state index >= 15 is 0 Å². The normalized spacial score (nSPS) is 35.6. The Morgan fingerprint density at radius 1 is 1.29 bits per heavy atom. The van der Waals surface area contributed by atoms with Crippen molar-refractivity contribution in [2.24, 2.45) is 11.7 Å². The van der Waals surface area contributed by atoms with Gasteiger partial charge in [-0.25, -0.2) is 8.42 Å². The maximum absolute atomic E-state index is 11.3. The molecule has 5 heteroatoms. The minimum absolute atomic E-state index is 0.149. The van der Waals surface area contributed by atoms with Crippen LogP contribution in [0.5, 0.6) is 0 Å². The van der Waals surface area contributed by atoms with Gasteiger partial charge in [-0.05, 0) is 25.2 Å². The second-order valence-electron chi connectivity index (χ2n) is 4.45. The second kappa shape index (κ2) is 3.47. The Hall–Kier alpha value is -0.130. The van der Waals surface area contributed by atoms with Crippen LogP contribution in [0.1, 0.15) is 19.3 Å². The van der Waals surface area contributed by atoms with Crippen LogP contribution in [0.15, 0.2) is 0 Å². The van der Waals surface area contributed by atoms with Crippen molar-refractivity contribution < 1.29 is 13.2 Å². The molecular weight excluding hydrogens is 202 g/mol. The fourth-order valence-electron chi connectivity index (χ4n) is 2.41. The van der Waals surface area contributed by atoms with Crippen molar-refractivity contribution in [1.82, 2.24) is 0 Å². The lowest BCUT2D eigenvalue weighted by atomic mass is 9.78. The fourth-order valence-corrected chi connectivity index (χ4v) is 4.33. The van der Waals surface area contributed by atoms with Gasteiger partial charge in [0.1, 0.15) is 0 Å². The summed E-state index contributed by atoms with van der Waals surface area (Å²) in [5.74, 6) is 0.748. The first kappa shape index (κ1) is 10.4. The van der Waals surface area contributed by atoms with Crippen LogP contribution in [0.3, 0.4) is 0 Å². The molecule has 2 aliphatic heterocycles. The average molecular weight is 219 g/mol. The predicted octanol–water partition coefficient (Wildman–Crippen LogP) is -0.0710. The Balaban J connectivity index is 2.08. The first-order valence-electron chi connectivity index (χ1n) is 5.09. The second-order valence-corrected chi connectivity index (χ2v) is 6.67. The highest BCUT2D eigenvalue weighted by molar-refractivity contribution is 7.91. The predicted molar refractivity (Wildman–Crippen MR) is 53.7 cm³/mol. The third-order valence-electron chi connectivity index (χ3n) is 3.47. The molecule has 2 aliphatic rings. The lowest BCUT2D eigenvalue weighted by Gasteiger charge is -2.38. The van der Waals surface area contributed by atoms with Crippen molar-refractivity contribution in [2.75, 3.05) is 24.7 Å². The SMILES string of the molecule is NC1(C2CCS(=O)(=O)C2)CCOCC1. The van der Waals surface area contributed by atoms with Gasteiger partial charge in [0.2, 0.25) is 0 Å². The molecule has 82 valence electrons. The van der Waals surface area contributed by atoms with E-state index in [0.717, 1.165) is 19.3 Å². The molecule has 4 nitrogen and oxygen atoms in total. The Morgan fingerprint density at radius 2 is 1.93 bits per heavy atom. The minimum Gasteiger partial charge on any atom is -0.381 e. The summed E-state index contributed by atoms with van der Waals surface area (Å²) in [5.41, 5.74) is 5.95. The van der Waals surface area contributed by atoms with Crippen molar-refractivity contribution in [3.63, 3.8) is 0 Å². The molecule has 0 spiro atoms. The molecule has 1 atom stereocenters. The Labute approximate surface area is 84.7 Å². The number of hydrogen-bond donors (Lipinski definition) is 1. The lowest BCUT2D eigenvalue weighted by molar-refractivity contribution is 0.0344. The first-order chi connectivity index (χ1) is 6.52. The van der Waals surface area contributed by atoms with Gasteiger partial charge in [0.15, 0.2) is 9.84 Å². The molecule has 2 saturated heterocycles. The lowest BCUT2D eigenvalue weighted by Crippen LogP contribution is -2.51. The summed E-state index contributed by atoms with van der Waals surface area (Å²) in [7, 11) is -2.80. The summed E-state index contributed by atoms with van der Waals surface area (Å²) in [6.45, 7) is 1.35. The minimum atomic E-state index is -2.80. The van der Waals surface area contributed by atoms with E-state index in [9.17, 15) is 8.42 Å². The smallest absolute Gasteiger partial charge is 0.150 e. The van der Waals surface area contributed by atoms with Gasteiger partial charge in [-0.15, -0.1) is 0 Å². The standard InChI is InChI=1S/C9H17NO3S/c10-9(2-4-13-5-3-9)8-1-6-14(11,12)7-8/h8H,1-7,10H2. The largest absolute Gasteiger partial charge is 0.381 e. The van der Waals surface area contributed by atoms with Gasteiger partial charge in [-0.1, -0.05) is 0 Å². The van der Waals surface area contributed by atoms with Gasteiger partial charge in [0.05, 0.1) is 11.5 Å². The molecule has 2 N–H and O–H groups in total. The molecule has 0 aromatic carbocycles. The van der Waals surface area contributed by atoms with E-state index in [1.807, 2.05) is 0 Å². The molecule has 0 aromatic rings. The van der Waals surface area contributed by atoms with E-state index in [1.165, 1.54) is 0 Å². The van der Waals surface area contributed by atoms with Gasteiger partial charge in [0.25, 0.3) is 0 Å². The highest BCUT2D eigenvalue weighted by Gasteiger charge is 2.42. The van der Waals surface area contributed by atoms with Crippen LogP contribution >= 0.6 is 0 Å². The average Bonchev–Trinajstić information content (AvgIpc) is 2.48. The zero-order valence-corrected chi connectivity index (χ0v) is 9.05. The van der Waals surface area contributed by atoms with Crippen LogP contribution < -0.4 is 5.73 Å². The first-order valence-corrected chi connectivity index (χ1v) is 6.91. The molecule has 2 heterocycles. The van der Waals surface area contributed by atoms with Gasteiger partial charge in [-0.3, -0.25) is 0 Å². The summed E-state index contributed by atoms with van der Waals surface area (Å²) in [6, 6.07) is 0. The molecule has 0 aromatic heterocycles. The van der Waals surface area contributed by atoms with Crippen molar-refractivity contribution in [2.45, 2.75) is 24.8 Å². The van der Waals surface area contributed by atoms with Crippen LogP contribution in [0.2, 0.25) is 0 Å². The zero-order chi connectivity index (χ0) is 10.2. The third kappa shape index (κ3) is 1.94. The van der Waals surface area contributed by atoms with Crippen LogP contribution in [0.25, 0.3) is 0 Å². The summed E-state index contributed by atoms with van der Waals surface area (Å²) in [6.07, 6.45) is 2.33. The number of ether oxygens (including phenoxy) is 1. The summed E-state index contributed by atoms with van der Waals surface area (Å²) >= 11 is 0. The third-order valence-corrected chi connectivity index (χ3v) is 5.24. The zero-order valence-electron chi connectivity index (χ0n) is 8.24. The summed E-state index contributed by atoms with van der Waals surface area (Å²) in [4.78, 5) is 0. The number of rotatable bonds is 1. The molecule has 1 unspecified atom stereocenters. The van der Waals surface area contributed by atoms with Crippen molar-refractivity contribution >= 4 is 9.84 Å². The molecule has 0 bridgehead atoms. The van der Waals surface area contributed by atoms with Gasteiger partial charge in [-0.2, -0.15) is 0 Å². The van der Waals surface area contributed by atoms with E-state index < -0.39 is 9.84 Å². The van der Waals surface area contributed by atoms with E-state index in [0.29, 0.717) is 19.0 Å². The quantitative estimate of drug-likeness (QED) is 0.670. The van der Waals surface area contributed by atoms with E-state index in [-0.39, 0.29) is 17.2 Å². The van der Waals surface area contributed by atoms with Gasteiger partial charge < -0.3 is 10.5 Å². The fraction of sp³-hybridized carbons (Fsp3) is 1.00. The van der Waals surface area contributed by atoms with E-state index in [2.05, 4.69) is 0 Å². The highest BCUT2D eigenvalue weighted by atomic mass is 32.2. The number of nitrogens with two attached hydrogens (primary N) is 1. The van der Waals surface area contributed by atoms with Crippen LogP contribution in [0.4, 0.5) is 0 Å². The van der Waals surface area contributed by atoms with E-state index in [4.69, 9.17) is 10.5 Å². The molecule has 14 heavy (non-hydrogen) atoms. The maximum atomic E-state index is 11.3. The molecule has 2 rings (SSSR count). The Morgan fingerprint density at radius 3 is 2.43 bits per heavy atom. The summed E-state index contributed by atoms with van der Waals surface area (Å²) < 4.78 is 27.9. The topological polar surface area (TPSA) is 69.4 Å². The molecule has 0 amide bonds. The van der Waals surface area contributed by atoms with Gasteiger partial charge in [0, 0.05) is 18.8 Å². The summed E-state index contributed by atoms with van der Waals surface area (Å²) in [5, 5.41) is 0. The van der Waals surface area contributed by atoms with Crippen LogP contribution in [-0.2, 0) is 14.6 Å². The van der Waals surface area contributed by atoms with Crippen molar-refractivity contribution in [1.29, 1.82) is 0 Å². The van der Waals surface area contributed by atoms with E-state index in [1.54, 1.807) is 0 Å². The number of sulfone groups is 1. The van der Waals surface area contributed by atoms with Crippen LogP contribution in [-0.4, -0.2) is 38.7 Å². The molecule has 0 radical (unpaired) electrons. The number of hydrogen-bond acceptors (Lipinski definition) is 4. The highest BCUT2D eigenvalue weighted by Crippen LogP contribution is 2.34. The molecular formula is C9H17NO3S. The van der Waals surface area contributed by atoms with Crippen molar-refractivity contribution in [3.05, 3.63) is 0 Å². The molecule has 2 fully saturated rings. The monoisotopic (exact) mass is 219 g/mol.